The van der Waals surface area contributed by atoms with Crippen molar-refractivity contribution >= 4 is 27.3 Å². The number of amides is 1. The van der Waals surface area contributed by atoms with Crippen molar-refractivity contribution in [1.82, 2.24) is 5.32 Å². The zero-order chi connectivity index (χ0) is 16.7. The molecule has 2 aromatic rings. The number of hydrogen-bond donors (Lipinski definition) is 2. The Hall–Kier alpha value is -1.43. The average Bonchev–Trinajstić information content (AvgIpc) is 3.00. The van der Waals surface area contributed by atoms with Crippen molar-refractivity contribution in [2.75, 3.05) is 13.2 Å². The number of benzene rings is 1. The fourth-order valence-electron chi connectivity index (χ4n) is 3.40. The predicted molar refractivity (Wildman–Crippen MR) is 92.9 cm³/mol. The van der Waals surface area contributed by atoms with Crippen molar-refractivity contribution in [1.29, 1.82) is 0 Å². The molecule has 1 aromatic heterocycles. The summed E-state index contributed by atoms with van der Waals surface area (Å²) in [7, 11) is 0. The molecule has 0 aliphatic heterocycles. The van der Waals surface area contributed by atoms with Crippen LogP contribution in [0.5, 0.6) is 0 Å². The molecule has 1 aromatic carbocycles. The lowest BCUT2D eigenvalue weighted by Gasteiger charge is -2.60. The second-order valence-corrected chi connectivity index (χ2v) is 7.69. The molecule has 0 radical (unpaired) electrons. The van der Waals surface area contributed by atoms with Crippen molar-refractivity contribution in [3.63, 3.8) is 0 Å². The fraction of sp³-hybridized carbons (Fsp3) is 0.500. The number of hydrogen-bond acceptors (Lipinski definition) is 4. The summed E-state index contributed by atoms with van der Waals surface area (Å²) in [4.78, 5) is 12.7. The van der Waals surface area contributed by atoms with E-state index in [0.717, 1.165) is 5.39 Å². The monoisotopic (exact) mass is 333 g/mol. The zero-order valence-electron chi connectivity index (χ0n) is 13.8. The number of ether oxygens (including phenoxy) is 1. The third-order valence-corrected chi connectivity index (χ3v) is 6.18. The van der Waals surface area contributed by atoms with Crippen LogP contribution in [0.2, 0.25) is 0 Å². The van der Waals surface area contributed by atoms with Crippen molar-refractivity contribution in [2.45, 2.75) is 38.8 Å². The highest BCUT2D eigenvalue weighted by Crippen LogP contribution is 2.51. The molecule has 0 saturated heterocycles. The molecular weight excluding hydrogens is 310 g/mol. The first kappa shape index (κ1) is 16.4. The summed E-state index contributed by atoms with van der Waals surface area (Å²) in [6.07, 6.45) is 0.691. The Kier molecular flexibility index (Phi) is 4.21. The van der Waals surface area contributed by atoms with Crippen LogP contribution in [0.25, 0.3) is 10.1 Å². The summed E-state index contributed by atoms with van der Waals surface area (Å²) in [6.45, 7) is 6.59. The minimum atomic E-state index is -0.631. The van der Waals surface area contributed by atoms with Gasteiger partial charge in [0.25, 0.3) is 5.91 Å². The van der Waals surface area contributed by atoms with E-state index < -0.39 is 5.54 Å². The molecule has 3 rings (SSSR count). The molecule has 1 saturated carbocycles. The molecule has 124 valence electrons. The highest BCUT2D eigenvalue weighted by Gasteiger charge is 2.61. The Morgan fingerprint density at radius 1 is 1.43 bits per heavy atom. The van der Waals surface area contributed by atoms with Crippen LogP contribution in [0.15, 0.2) is 29.6 Å². The summed E-state index contributed by atoms with van der Waals surface area (Å²) in [5, 5.41) is 16.1. The molecule has 1 fully saturated rings. The van der Waals surface area contributed by atoms with Gasteiger partial charge in [-0.15, -0.1) is 11.3 Å². The van der Waals surface area contributed by atoms with Gasteiger partial charge in [0.1, 0.15) is 0 Å². The van der Waals surface area contributed by atoms with E-state index >= 15 is 0 Å². The Morgan fingerprint density at radius 2 is 2.22 bits per heavy atom. The van der Waals surface area contributed by atoms with E-state index in [0.29, 0.717) is 18.6 Å². The Balaban J connectivity index is 1.80. The molecule has 0 bridgehead atoms. The molecule has 1 aliphatic carbocycles. The number of carbonyl (C=O) groups is 1. The van der Waals surface area contributed by atoms with Gasteiger partial charge in [-0.25, -0.2) is 0 Å². The lowest BCUT2D eigenvalue weighted by Crippen LogP contribution is -2.74. The van der Waals surface area contributed by atoms with Crippen LogP contribution in [0.3, 0.4) is 0 Å². The SMILES string of the molecule is CCOC1CC(CO)(NC(=O)c2ccc3sccc3c2)C1(C)C. The zero-order valence-corrected chi connectivity index (χ0v) is 14.6. The summed E-state index contributed by atoms with van der Waals surface area (Å²) in [5.41, 5.74) is -0.313. The first-order valence-electron chi connectivity index (χ1n) is 7.96. The van der Waals surface area contributed by atoms with Crippen molar-refractivity contribution < 1.29 is 14.6 Å². The van der Waals surface area contributed by atoms with Crippen LogP contribution >= 0.6 is 11.3 Å². The van der Waals surface area contributed by atoms with E-state index in [4.69, 9.17) is 4.74 Å². The van der Waals surface area contributed by atoms with Crippen LogP contribution < -0.4 is 5.32 Å². The van der Waals surface area contributed by atoms with Gasteiger partial charge in [-0.3, -0.25) is 4.79 Å². The Bertz CT molecular complexity index is 724. The van der Waals surface area contributed by atoms with E-state index in [-0.39, 0.29) is 24.0 Å². The summed E-state index contributed by atoms with van der Waals surface area (Å²) >= 11 is 1.66. The normalized spacial score (nSPS) is 26.0. The largest absolute Gasteiger partial charge is 0.394 e. The lowest BCUT2D eigenvalue weighted by molar-refractivity contribution is -0.172. The number of nitrogens with one attached hydrogen (secondary N) is 1. The quantitative estimate of drug-likeness (QED) is 0.883. The number of aliphatic hydroxyl groups is 1. The van der Waals surface area contributed by atoms with Gasteiger partial charge in [0.05, 0.1) is 18.2 Å². The van der Waals surface area contributed by atoms with E-state index in [1.54, 1.807) is 11.3 Å². The predicted octanol–water partition coefficient (Wildman–Crippen LogP) is 3.20. The van der Waals surface area contributed by atoms with E-state index in [9.17, 15) is 9.90 Å². The lowest BCUT2D eigenvalue weighted by atomic mass is 9.54. The second-order valence-electron chi connectivity index (χ2n) is 6.74. The van der Waals surface area contributed by atoms with Crippen LogP contribution in [0, 0.1) is 5.41 Å². The third-order valence-electron chi connectivity index (χ3n) is 5.28. The maximum absolute atomic E-state index is 12.7. The van der Waals surface area contributed by atoms with Gasteiger partial charge < -0.3 is 15.2 Å². The standard InChI is InChI=1S/C18H23NO3S/c1-4-22-15-10-18(11-20,17(15,2)3)19-16(21)13-5-6-14-12(9-13)7-8-23-14/h5-9,15,20H,4,10-11H2,1-3H3,(H,19,21). The maximum Gasteiger partial charge on any atom is 0.251 e. The topological polar surface area (TPSA) is 58.6 Å². The molecule has 2 N–H and O–H groups in total. The van der Waals surface area contributed by atoms with Crippen LogP contribution in [0.4, 0.5) is 0 Å². The van der Waals surface area contributed by atoms with Gasteiger partial charge in [-0.1, -0.05) is 13.8 Å². The molecule has 0 spiro atoms. The number of rotatable bonds is 5. The highest BCUT2D eigenvalue weighted by molar-refractivity contribution is 7.17. The summed E-state index contributed by atoms with van der Waals surface area (Å²) in [5.74, 6) is -0.143. The van der Waals surface area contributed by atoms with Gasteiger partial charge in [0, 0.05) is 28.7 Å². The molecule has 2 atom stereocenters. The van der Waals surface area contributed by atoms with Crippen molar-refractivity contribution in [3.8, 4) is 0 Å². The minimum Gasteiger partial charge on any atom is -0.394 e. The molecule has 1 amide bonds. The number of thiophene rings is 1. The van der Waals surface area contributed by atoms with E-state index in [2.05, 4.69) is 5.32 Å². The smallest absolute Gasteiger partial charge is 0.251 e. The van der Waals surface area contributed by atoms with Gasteiger partial charge in [0.2, 0.25) is 0 Å². The van der Waals surface area contributed by atoms with E-state index in [1.165, 1.54) is 4.70 Å². The number of aliphatic hydroxyl groups excluding tert-OH is 1. The van der Waals surface area contributed by atoms with Gasteiger partial charge in [-0.05, 0) is 42.0 Å². The molecular formula is C18H23NO3S. The van der Waals surface area contributed by atoms with Gasteiger partial charge >= 0.3 is 0 Å². The molecule has 1 aliphatic rings. The Morgan fingerprint density at radius 3 is 2.87 bits per heavy atom. The average molecular weight is 333 g/mol. The fourth-order valence-corrected chi connectivity index (χ4v) is 4.17. The van der Waals surface area contributed by atoms with Crippen LogP contribution in [-0.2, 0) is 4.74 Å². The first-order chi connectivity index (χ1) is 10.9. The van der Waals surface area contributed by atoms with Gasteiger partial charge in [-0.2, -0.15) is 0 Å². The summed E-state index contributed by atoms with van der Waals surface area (Å²) in [6, 6.07) is 7.72. The van der Waals surface area contributed by atoms with E-state index in [1.807, 2.05) is 50.4 Å². The first-order valence-corrected chi connectivity index (χ1v) is 8.84. The maximum atomic E-state index is 12.7. The molecule has 5 heteroatoms. The van der Waals surface area contributed by atoms with Crippen LogP contribution in [-0.4, -0.2) is 35.9 Å². The number of carbonyl (C=O) groups excluding carboxylic acids is 1. The van der Waals surface area contributed by atoms with Gasteiger partial charge in [0.15, 0.2) is 0 Å². The Labute approximate surface area is 140 Å². The molecule has 4 nitrogen and oxygen atoms in total. The van der Waals surface area contributed by atoms with Crippen molar-refractivity contribution in [3.05, 3.63) is 35.2 Å². The molecule has 1 heterocycles. The summed E-state index contributed by atoms with van der Waals surface area (Å²) < 4.78 is 6.89. The molecule has 2 unspecified atom stereocenters. The highest BCUT2D eigenvalue weighted by atomic mass is 32.1. The van der Waals surface area contributed by atoms with Crippen molar-refractivity contribution in [2.24, 2.45) is 5.41 Å². The number of fused-ring (bicyclic) bond motifs is 1. The minimum absolute atomic E-state index is 0.0549. The second kappa shape index (κ2) is 5.89. The third kappa shape index (κ3) is 2.57. The molecule has 23 heavy (non-hydrogen) atoms. The van der Waals surface area contributed by atoms with Crippen LogP contribution in [0.1, 0.15) is 37.6 Å².